The number of fused-ring (bicyclic) bond motifs is 1. The zero-order valence-electron chi connectivity index (χ0n) is 22.8. The van der Waals surface area contributed by atoms with Crippen LogP contribution in [-0.2, 0) is 27.0 Å². The van der Waals surface area contributed by atoms with E-state index in [1.807, 2.05) is 6.07 Å². The van der Waals surface area contributed by atoms with Crippen LogP contribution in [0.1, 0.15) is 103 Å². The van der Waals surface area contributed by atoms with Crippen LogP contribution >= 0.6 is 0 Å². The summed E-state index contributed by atoms with van der Waals surface area (Å²) in [7, 11) is 0. The minimum Gasteiger partial charge on any atom is -0.494 e. The van der Waals surface area contributed by atoms with Crippen LogP contribution in [0.5, 0.6) is 0 Å². The second-order valence-electron chi connectivity index (χ2n) is 11.6. The molecule has 3 rings (SSSR count). The molecule has 0 unspecified atom stereocenters. The maximum Gasteiger partial charge on any atom is 0.333 e. The summed E-state index contributed by atoms with van der Waals surface area (Å²) in [5.74, 6) is -0.807. The number of aliphatic hydroxyl groups excluding tert-OH is 1. The first-order chi connectivity index (χ1) is 16.9. The molecule has 2 aliphatic carbocycles. The molecule has 1 aromatic rings. The molecule has 1 saturated carbocycles. The highest BCUT2D eigenvalue weighted by Crippen LogP contribution is 2.46. The number of likely N-dealkylation sites (N-methyl/N-ethyl adjacent to an activating group) is 1. The lowest BCUT2D eigenvalue weighted by molar-refractivity contribution is -0.117. The molecule has 4 amide bonds. The van der Waals surface area contributed by atoms with Crippen LogP contribution in [0, 0.1) is 0 Å². The number of rotatable bonds is 7. The van der Waals surface area contributed by atoms with Crippen LogP contribution in [0.2, 0.25) is 0 Å². The SMILES string of the molecule is CCNC(=O)/C(C)=C(\O)N(C(=O)N(C=O)Cc1ccc2c(c1)C(C)(C)CCC2(C)C)C1CCCCC1. The maximum absolute atomic E-state index is 13.7. The molecule has 2 aliphatic rings. The molecule has 0 saturated heterocycles. The van der Waals surface area contributed by atoms with Crippen molar-refractivity contribution >= 4 is 18.3 Å². The van der Waals surface area contributed by atoms with Gasteiger partial charge in [0.15, 0.2) is 0 Å². The molecule has 2 N–H and O–H groups in total. The molecule has 0 aromatic heterocycles. The van der Waals surface area contributed by atoms with Crippen molar-refractivity contribution in [3.63, 3.8) is 0 Å². The molecule has 36 heavy (non-hydrogen) atoms. The second-order valence-corrected chi connectivity index (χ2v) is 11.6. The Hall–Kier alpha value is -2.83. The largest absolute Gasteiger partial charge is 0.494 e. The van der Waals surface area contributed by atoms with E-state index >= 15 is 0 Å². The lowest BCUT2D eigenvalue weighted by Crippen LogP contribution is -2.48. The van der Waals surface area contributed by atoms with Crippen molar-refractivity contribution in [1.82, 2.24) is 15.1 Å². The van der Waals surface area contributed by atoms with Crippen molar-refractivity contribution < 1.29 is 19.5 Å². The second kappa shape index (κ2) is 11.1. The molecule has 0 heterocycles. The predicted molar refractivity (Wildman–Crippen MR) is 141 cm³/mol. The van der Waals surface area contributed by atoms with Crippen LogP contribution in [-0.4, -0.2) is 45.8 Å². The average molecular weight is 498 g/mol. The molecule has 0 spiro atoms. The summed E-state index contributed by atoms with van der Waals surface area (Å²) in [6.07, 6.45) is 7.06. The monoisotopic (exact) mass is 497 g/mol. The van der Waals surface area contributed by atoms with Gasteiger partial charge >= 0.3 is 6.03 Å². The van der Waals surface area contributed by atoms with Crippen molar-refractivity contribution in [3.05, 3.63) is 46.3 Å². The van der Waals surface area contributed by atoms with Gasteiger partial charge in [-0.15, -0.1) is 0 Å². The number of nitrogens with one attached hydrogen (secondary N) is 1. The maximum atomic E-state index is 13.7. The highest BCUT2D eigenvalue weighted by molar-refractivity contribution is 5.94. The number of hydrogen-bond acceptors (Lipinski definition) is 4. The summed E-state index contributed by atoms with van der Waals surface area (Å²) >= 11 is 0. The fourth-order valence-electron chi connectivity index (χ4n) is 5.55. The van der Waals surface area contributed by atoms with Gasteiger partial charge in [-0.2, -0.15) is 0 Å². The van der Waals surface area contributed by atoms with E-state index in [0.29, 0.717) is 25.8 Å². The number of benzene rings is 1. The Morgan fingerprint density at radius 3 is 2.25 bits per heavy atom. The lowest BCUT2D eigenvalue weighted by Gasteiger charge is -2.42. The fourth-order valence-corrected chi connectivity index (χ4v) is 5.55. The summed E-state index contributed by atoms with van der Waals surface area (Å²) in [5, 5.41) is 13.7. The molecule has 0 aliphatic heterocycles. The standard InChI is InChI=1S/C29H43N3O4/c1-7-30-25(34)20(2)26(35)32(22-11-9-8-10-12-22)27(36)31(19-33)18-21-13-14-23-24(17-21)29(5,6)16-15-28(23,3)4/h13-14,17,19,22,35H,7-12,15-16,18H2,1-6H3,(H,30,34)/b26-20-. The van der Waals surface area contributed by atoms with Gasteiger partial charge in [-0.05, 0) is 67.1 Å². The number of amides is 4. The summed E-state index contributed by atoms with van der Waals surface area (Å²) in [6.45, 7) is 12.8. The Labute approximate surface area is 215 Å². The molecule has 1 aromatic carbocycles. The van der Waals surface area contributed by atoms with Gasteiger partial charge < -0.3 is 10.4 Å². The van der Waals surface area contributed by atoms with Crippen LogP contribution in [0.25, 0.3) is 0 Å². The van der Waals surface area contributed by atoms with Gasteiger partial charge in [0.25, 0.3) is 5.91 Å². The van der Waals surface area contributed by atoms with Crippen molar-refractivity contribution in [3.8, 4) is 0 Å². The van der Waals surface area contributed by atoms with E-state index in [1.54, 1.807) is 6.92 Å². The number of nitrogens with zero attached hydrogens (tertiary/aromatic N) is 2. The first-order valence-corrected chi connectivity index (χ1v) is 13.3. The normalized spacial score (nSPS) is 19.5. The Balaban J connectivity index is 1.94. The number of carbonyl (C=O) groups is 3. The number of hydrogen-bond donors (Lipinski definition) is 2. The van der Waals surface area contributed by atoms with E-state index in [2.05, 4.69) is 45.1 Å². The molecule has 198 valence electrons. The number of aliphatic hydroxyl groups is 1. The van der Waals surface area contributed by atoms with Gasteiger partial charge in [0.05, 0.1) is 12.1 Å². The zero-order chi connectivity index (χ0) is 26.7. The molecule has 0 atom stereocenters. The third kappa shape index (κ3) is 5.76. The van der Waals surface area contributed by atoms with Crippen molar-refractivity contribution in [2.75, 3.05) is 6.54 Å². The Kier molecular flexibility index (Phi) is 8.52. The van der Waals surface area contributed by atoms with Gasteiger partial charge in [-0.3, -0.25) is 19.4 Å². The van der Waals surface area contributed by atoms with Crippen molar-refractivity contribution in [2.45, 2.75) is 110 Å². The van der Waals surface area contributed by atoms with Crippen LogP contribution in [0.4, 0.5) is 4.79 Å². The van der Waals surface area contributed by atoms with Gasteiger partial charge in [-0.25, -0.2) is 4.79 Å². The lowest BCUT2D eigenvalue weighted by atomic mass is 9.63. The summed E-state index contributed by atoms with van der Waals surface area (Å²) < 4.78 is 0. The first kappa shape index (κ1) is 27.8. The van der Waals surface area contributed by atoms with Crippen LogP contribution in [0.15, 0.2) is 29.7 Å². The number of urea groups is 1. The topological polar surface area (TPSA) is 89.9 Å². The van der Waals surface area contributed by atoms with E-state index in [4.69, 9.17) is 0 Å². The summed E-state index contributed by atoms with van der Waals surface area (Å²) in [6, 6.07) is 5.39. The molecule has 7 heteroatoms. The average Bonchev–Trinajstić information content (AvgIpc) is 2.85. The molecule has 1 fully saturated rings. The van der Waals surface area contributed by atoms with Crippen LogP contribution in [0.3, 0.4) is 0 Å². The predicted octanol–water partition coefficient (Wildman–Crippen LogP) is 5.67. The van der Waals surface area contributed by atoms with Crippen LogP contribution < -0.4 is 5.32 Å². The zero-order valence-corrected chi connectivity index (χ0v) is 22.8. The van der Waals surface area contributed by atoms with E-state index in [9.17, 15) is 19.5 Å². The van der Waals surface area contributed by atoms with Gasteiger partial charge in [0.2, 0.25) is 12.3 Å². The number of carbonyl (C=O) groups excluding carboxylic acids is 3. The van der Waals surface area contributed by atoms with Crippen molar-refractivity contribution in [2.24, 2.45) is 0 Å². The van der Waals surface area contributed by atoms with E-state index < -0.39 is 11.9 Å². The molecular formula is C29H43N3O4. The molecule has 0 bridgehead atoms. The summed E-state index contributed by atoms with van der Waals surface area (Å²) in [4.78, 5) is 40.7. The Morgan fingerprint density at radius 2 is 1.67 bits per heavy atom. The minimum atomic E-state index is -0.602. The molecule has 7 nitrogen and oxygen atoms in total. The fraction of sp³-hybridized carbons (Fsp3) is 0.621. The third-order valence-corrected chi connectivity index (χ3v) is 8.03. The van der Waals surface area contributed by atoms with E-state index in [1.165, 1.54) is 23.0 Å². The highest BCUT2D eigenvalue weighted by atomic mass is 16.3. The van der Waals surface area contributed by atoms with E-state index in [0.717, 1.165) is 42.6 Å². The van der Waals surface area contributed by atoms with Crippen molar-refractivity contribution in [1.29, 1.82) is 0 Å². The van der Waals surface area contributed by atoms with Gasteiger partial charge in [0, 0.05) is 12.6 Å². The molecule has 0 radical (unpaired) electrons. The number of imide groups is 1. The smallest absolute Gasteiger partial charge is 0.333 e. The Bertz CT molecular complexity index is 1020. The first-order valence-electron chi connectivity index (χ1n) is 13.3. The quantitative estimate of drug-likeness (QED) is 0.288. The minimum absolute atomic E-state index is 0.00969. The third-order valence-electron chi connectivity index (χ3n) is 8.03. The molecular weight excluding hydrogens is 454 g/mol. The van der Waals surface area contributed by atoms with Gasteiger partial charge in [0.1, 0.15) is 0 Å². The van der Waals surface area contributed by atoms with Gasteiger partial charge in [-0.1, -0.05) is 65.2 Å². The highest BCUT2D eigenvalue weighted by Gasteiger charge is 2.38. The summed E-state index contributed by atoms with van der Waals surface area (Å²) in [5.41, 5.74) is 3.60. The van der Waals surface area contributed by atoms with E-state index in [-0.39, 0.29) is 34.9 Å². The Morgan fingerprint density at radius 1 is 1.06 bits per heavy atom.